The fourth-order valence-corrected chi connectivity index (χ4v) is 4.66. The lowest BCUT2D eigenvalue weighted by molar-refractivity contribution is -0.128. The van der Waals surface area contributed by atoms with Gasteiger partial charge in [-0.3, -0.25) is 9.59 Å². The molecule has 0 aromatic heterocycles. The van der Waals surface area contributed by atoms with E-state index in [2.05, 4.69) is 22.8 Å². The molecule has 140 valence electrons. The van der Waals surface area contributed by atoms with Crippen molar-refractivity contribution in [3.8, 4) is 0 Å². The molecule has 3 saturated carbocycles. The van der Waals surface area contributed by atoms with Gasteiger partial charge in [-0.15, -0.1) is 0 Å². The van der Waals surface area contributed by atoms with E-state index in [4.69, 9.17) is 0 Å². The second-order valence-corrected chi connectivity index (χ2v) is 8.44. The first-order valence-corrected chi connectivity index (χ1v) is 10.4. The number of anilines is 1. The molecule has 4 heteroatoms. The normalized spacial score (nSPS) is 22.8. The lowest BCUT2D eigenvalue weighted by atomic mass is 9.68. The molecule has 0 bridgehead atoms. The van der Waals surface area contributed by atoms with Crippen LogP contribution in [0.5, 0.6) is 0 Å². The number of amides is 2. The molecule has 26 heavy (non-hydrogen) atoms. The molecule has 3 fully saturated rings. The summed E-state index contributed by atoms with van der Waals surface area (Å²) in [6, 6.07) is 8.41. The molecule has 0 spiro atoms. The Kier molecular flexibility index (Phi) is 5.01. The second-order valence-electron chi connectivity index (χ2n) is 8.44. The molecule has 3 aliphatic carbocycles. The van der Waals surface area contributed by atoms with Gasteiger partial charge in [0.25, 0.3) is 0 Å². The summed E-state index contributed by atoms with van der Waals surface area (Å²) >= 11 is 0. The minimum absolute atomic E-state index is 0.129. The summed E-state index contributed by atoms with van der Waals surface area (Å²) < 4.78 is 0. The van der Waals surface area contributed by atoms with Crippen LogP contribution in [-0.4, -0.2) is 17.9 Å². The quantitative estimate of drug-likeness (QED) is 0.828. The van der Waals surface area contributed by atoms with Crippen LogP contribution in [-0.2, 0) is 15.0 Å². The van der Waals surface area contributed by atoms with Crippen LogP contribution in [0, 0.1) is 5.92 Å². The largest absolute Gasteiger partial charge is 0.353 e. The molecule has 2 N–H and O–H groups in total. The number of carbonyl (C=O) groups excluding carboxylic acids is 2. The van der Waals surface area contributed by atoms with Crippen molar-refractivity contribution >= 4 is 17.5 Å². The molecule has 0 saturated heterocycles. The van der Waals surface area contributed by atoms with Crippen molar-refractivity contribution in [2.75, 3.05) is 5.32 Å². The topological polar surface area (TPSA) is 58.2 Å². The van der Waals surface area contributed by atoms with Crippen LogP contribution >= 0.6 is 0 Å². The smallest absolute Gasteiger partial charge is 0.230 e. The summed E-state index contributed by atoms with van der Waals surface area (Å²) in [5, 5.41) is 6.34. The van der Waals surface area contributed by atoms with Crippen molar-refractivity contribution in [2.24, 2.45) is 5.92 Å². The first kappa shape index (κ1) is 17.6. The molecule has 4 rings (SSSR count). The summed E-state index contributed by atoms with van der Waals surface area (Å²) in [5.74, 6) is 0.555. The van der Waals surface area contributed by atoms with Gasteiger partial charge in [-0.25, -0.2) is 0 Å². The maximum atomic E-state index is 13.3. The second kappa shape index (κ2) is 7.42. The van der Waals surface area contributed by atoms with E-state index in [-0.39, 0.29) is 23.1 Å². The predicted octanol–water partition coefficient (Wildman–Crippen LogP) is 4.30. The SMILES string of the molecule is O=C(Nc1ccc(C2(C(=O)NC3CCCC3)CCCCC2)cc1)C1CC1. The standard InChI is InChI=1S/C22H30N2O2/c25-20(16-8-9-16)23-19-12-10-17(11-13-19)22(14-4-1-5-15-22)21(26)24-18-6-2-3-7-18/h10-13,16,18H,1-9,14-15H2,(H,23,25)(H,24,26). The average Bonchev–Trinajstić information content (AvgIpc) is 3.41. The summed E-state index contributed by atoms with van der Waals surface area (Å²) in [6.07, 6.45) is 12.0. The number of hydrogen-bond donors (Lipinski definition) is 2. The minimum Gasteiger partial charge on any atom is -0.353 e. The molecule has 0 radical (unpaired) electrons. The molecule has 2 amide bonds. The predicted molar refractivity (Wildman–Crippen MR) is 103 cm³/mol. The Morgan fingerprint density at radius 3 is 2.12 bits per heavy atom. The van der Waals surface area contributed by atoms with Crippen molar-refractivity contribution in [2.45, 2.75) is 82.1 Å². The zero-order valence-electron chi connectivity index (χ0n) is 15.6. The molecule has 1 aromatic carbocycles. The monoisotopic (exact) mass is 354 g/mol. The molecule has 0 unspecified atom stereocenters. The van der Waals surface area contributed by atoms with Gasteiger partial charge in [0.05, 0.1) is 5.41 Å². The fraction of sp³-hybridized carbons (Fsp3) is 0.636. The third kappa shape index (κ3) is 3.65. The van der Waals surface area contributed by atoms with E-state index in [0.717, 1.165) is 62.6 Å². The molecular formula is C22H30N2O2. The molecule has 1 aromatic rings. The highest BCUT2D eigenvalue weighted by molar-refractivity contribution is 5.94. The van der Waals surface area contributed by atoms with Crippen LogP contribution in [0.4, 0.5) is 5.69 Å². The van der Waals surface area contributed by atoms with Crippen LogP contribution in [0.15, 0.2) is 24.3 Å². The zero-order chi connectivity index (χ0) is 18.0. The lowest BCUT2D eigenvalue weighted by Gasteiger charge is -2.37. The Labute approximate surface area is 156 Å². The van der Waals surface area contributed by atoms with Gasteiger partial charge < -0.3 is 10.6 Å². The highest BCUT2D eigenvalue weighted by Gasteiger charge is 2.42. The molecule has 0 aliphatic heterocycles. The summed E-state index contributed by atoms with van der Waals surface area (Å²) in [6.45, 7) is 0. The van der Waals surface area contributed by atoms with Crippen LogP contribution in [0.1, 0.15) is 76.2 Å². The molecule has 0 atom stereocenters. The van der Waals surface area contributed by atoms with E-state index in [1.165, 1.54) is 19.3 Å². The molecule has 4 nitrogen and oxygen atoms in total. The Balaban J connectivity index is 1.51. The van der Waals surface area contributed by atoms with Crippen LogP contribution < -0.4 is 10.6 Å². The van der Waals surface area contributed by atoms with Gasteiger partial charge in [-0.05, 0) is 56.2 Å². The van der Waals surface area contributed by atoms with E-state index in [1.54, 1.807) is 0 Å². The van der Waals surface area contributed by atoms with Gasteiger partial charge in [0.15, 0.2) is 0 Å². The maximum absolute atomic E-state index is 13.3. The van der Waals surface area contributed by atoms with Crippen molar-refractivity contribution in [3.05, 3.63) is 29.8 Å². The Hall–Kier alpha value is -1.84. The van der Waals surface area contributed by atoms with Gasteiger partial charge in [0.2, 0.25) is 11.8 Å². The van der Waals surface area contributed by atoms with E-state index < -0.39 is 0 Å². The minimum atomic E-state index is -0.389. The highest BCUT2D eigenvalue weighted by Crippen LogP contribution is 2.40. The van der Waals surface area contributed by atoms with E-state index in [1.807, 2.05) is 12.1 Å². The van der Waals surface area contributed by atoms with Crippen LogP contribution in [0.3, 0.4) is 0 Å². The van der Waals surface area contributed by atoms with Crippen LogP contribution in [0.25, 0.3) is 0 Å². The number of nitrogens with one attached hydrogen (secondary N) is 2. The average molecular weight is 354 g/mol. The third-order valence-corrected chi connectivity index (χ3v) is 6.49. The molecular weight excluding hydrogens is 324 g/mol. The summed E-state index contributed by atoms with van der Waals surface area (Å²) in [7, 11) is 0. The summed E-state index contributed by atoms with van der Waals surface area (Å²) in [4.78, 5) is 25.2. The maximum Gasteiger partial charge on any atom is 0.230 e. The first-order valence-electron chi connectivity index (χ1n) is 10.4. The van der Waals surface area contributed by atoms with Crippen molar-refractivity contribution in [3.63, 3.8) is 0 Å². The van der Waals surface area contributed by atoms with Gasteiger partial charge >= 0.3 is 0 Å². The van der Waals surface area contributed by atoms with Crippen LogP contribution in [0.2, 0.25) is 0 Å². The fourth-order valence-electron chi connectivity index (χ4n) is 4.66. The number of carbonyl (C=O) groups is 2. The Bertz CT molecular complexity index is 651. The number of rotatable bonds is 5. The third-order valence-electron chi connectivity index (χ3n) is 6.49. The van der Waals surface area contributed by atoms with Crippen molar-refractivity contribution in [1.29, 1.82) is 0 Å². The van der Waals surface area contributed by atoms with Gasteiger partial charge in [0.1, 0.15) is 0 Å². The summed E-state index contributed by atoms with van der Waals surface area (Å²) in [5.41, 5.74) is 1.56. The zero-order valence-corrected chi connectivity index (χ0v) is 15.6. The Morgan fingerprint density at radius 2 is 1.50 bits per heavy atom. The van der Waals surface area contributed by atoms with E-state index >= 15 is 0 Å². The Morgan fingerprint density at radius 1 is 0.846 bits per heavy atom. The van der Waals surface area contributed by atoms with Gasteiger partial charge in [-0.1, -0.05) is 44.2 Å². The van der Waals surface area contributed by atoms with Gasteiger partial charge in [-0.2, -0.15) is 0 Å². The number of hydrogen-bond acceptors (Lipinski definition) is 2. The molecule has 0 heterocycles. The van der Waals surface area contributed by atoms with E-state index in [9.17, 15) is 9.59 Å². The first-order chi connectivity index (χ1) is 12.7. The molecule has 3 aliphatic rings. The van der Waals surface area contributed by atoms with Crippen molar-refractivity contribution < 1.29 is 9.59 Å². The van der Waals surface area contributed by atoms with E-state index in [0.29, 0.717) is 6.04 Å². The lowest BCUT2D eigenvalue weighted by Crippen LogP contribution is -2.48. The van der Waals surface area contributed by atoms with Gasteiger partial charge in [0, 0.05) is 17.6 Å². The number of benzene rings is 1. The highest BCUT2D eigenvalue weighted by atomic mass is 16.2. The van der Waals surface area contributed by atoms with Crippen molar-refractivity contribution in [1.82, 2.24) is 5.32 Å².